The summed E-state index contributed by atoms with van der Waals surface area (Å²) in [6.07, 6.45) is 1.96. The third-order valence-electron chi connectivity index (χ3n) is 1.56. The lowest BCUT2D eigenvalue weighted by Gasteiger charge is -2.23. The van der Waals surface area contributed by atoms with Crippen LogP contribution < -0.4 is 5.43 Å². The zero-order valence-corrected chi connectivity index (χ0v) is 6.33. The standard InChI is InChI=1S/C7H10N2O2/c1-5-4-6-7(9-8-5)11-3-2-10-6/h4-5,8H,2-3H2,1H3. The molecule has 0 aromatic rings. The topological polar surface area (TPSA) is 42.9 Å². The molecule has 0 radical (unpaired) electrons. The molecule has 1 atom stereocenters. The van der Waals surface area contributed by atoms with Gasteiger partial charge in [-0.05, 0) is 13.0 Å². The van der Waals surface area contributed by atoms with Crippen LogP contribution in [0.4, 0.5) is 0 Å². The van der Waals surface area contributed by atoms with Gasteiger partial charge in [-0.1, -0.05) is 0 Å². The van der Waals surface area contributed by atoms with E-state index in [1.165, 1.54) is 0 Å². The van der Waals surface area contributed by atoms with Gasteiger partial charge in [0.25, 0.3) is 5.90 Å². The highest BCUT2D eigenvalue weighted by molar-refractivity contribution is 5.92. The van der Waals surface area contributed by atoms with Crippen molar-refractivity contribution in [2.24, 2.45) is 5.10 Å². The highest BCUT2D eigenvalue weighted by Crippen LogP contribution is 2.12. The molecule has 4 heteroatoms. The molecule has 0 saturated carbocycles. The molecule has 0 aromatic carbocycles. The number of hydrogen-bond acceptors (Lipinski definition) is 4. The van der Waals surface area contributed by atoms with Gasteiger partial charge >= 0.3 is 0 Å². The molecule has 1 N–H and O–H groups in total. The van der Waals surface area contributed by atoms with Gasteiger partial charge in [-0.3, -0.25) is 5.43 Å². The van der Waals surface area contributed by atoms with E-state index in [2.05, 4.69) is 10.5 Å². The Morgan fingerprint density at radius 1 is 1.55 bits per heavy atom. The second-order valence-corrected chi connectivity index (χ2v) is 2.56. The average molecular weight is 154 g/mol. The Balaban J connectivity index is 2.19. The quantitative estimate of drug-likeness (QED) is 0.543. The summed E-state index contributed by atoms with van der Waals surface area (Å²) in [7, 11) is 0. The normalized spacial score (nSPS) is 28.3. The van der Waals surface area contributed by atoms with Crippen LogP contribution in [0.1, 0.15) is 6.92 Å². The molecule has 2 heterocycles. The number of nitrogens with one attached hydrogen (secondary N) is 1. The van der Waals surface area contributed by atoms with Crippen molar-refractivity contribution >= 4 is 5.90 Å². The molecule has 1 fully saturated rings. The summed E-state index contributed by atoms with van der Waals surface area (Å²) in [6.45, 7) is 3.22. The maximum Gasteiger partial charge on any atom is 0.273 e. The molecule has 0 aliphatic carbocycles. The molecular weight excluding hydrogens is 144 g/mol. The summed E-state index contributed by atoms with van der Waals surface area (Å²) in [5, 5.41) is 3.98. The van der Waals surface area contributed by atoms with Gasteiger partial charge in [0.05, 0.1) is 6.04 Å². The fraction of sp³-hybridized carbons (Fsp3) is 0.571. The van der Waals surface area contributed by atoms with E-state index >= 15 is 0 Å². The smallest absolute Gasteiger partial charge is 0.273 e. The van der Waals surface area contributed by atoms with Crippen molar-refractivity contribution in [3.05, 3.63) is 11.8 Å². The van der Waals surface area contributed by atoms with Crippen molar-refractivity contribution in [3.8, 4) is 0 Å². The van der Waals surface area contributed by atoms with Crippen LogP contribution in [0.5, 0.6) is 0 Å². The van der Waals surface area contributed by atoms with Gasteiger partial charge in [0, 0.05) is 0 Å². The monoisotopic (exact) mass is 154 g/mol. The fourth-order valence-electron chi connectivity index (χ4n) is 1.05. The Labute approximate surface area is 64.9 Å². The molecule has 60 valence electrons. The van der Waals surface area contributed by atoms with Crippen molar-refractivity contribution in [2.45, 2.75) is 13.0 Å². The van der Waals surface area contributed by atoms with Crippen LogP contribution in [0.25, 0.3) is 0 Å². The van der Waals surface area contributed by atoms with E-state index < -0.39 is 0 Å². The molecule has 1 unspecified atom stereocenters. The third-order valence-corrected chi connectivity index (χ3v) is 1.56. The maximum absolute atomic E-state index is 5.32. The summed E-state index contributed by atoms with van der Waals surface area (Å²) in [5.41, 5.74) is 2.89. The number of hydrazone groups is 1. The first-order valence-corrected chi connectivity index (χ1v) is 3.67. The molecule has 11 heavy (non-hydrogen) atoms. The van der Waals surface area contributed by atoms with Crippen LogP contribution >= 0.6 is 0 Å². The van der Waals surface area contributed by atoms with E-state index in [4.69, 9.17) is 9.47 Å². The number of rotatable bonds is 0. The van der Waals surface area contributed by atoms with Gasteiger partial charge in [-0.25, -0.2) is 0 Å². The van der Waals surface area contributed by atoms with E-state index in [0.29, 0.717) is 19.1 Å². The number of fused-ring (bicyclic) bond motifs is 1. The minimum absolute atomic E-state index is 0.232. The van der Waals surface area contributed by atoms with Crippen molar-refractivity contribution in [1.82, 2.24) is 5.43 Å². The Morgan fingerprint density at radius 2 is 2.36 bits per heavy atom. The molecule has 2 rings (SSSR count). The molecule has 1 saturated heterocycles. The molecule has 0 amide bonds. The number of nitrogens with zero attached hydrogens (tertiary/aromatic N) is 1. The van der Waals surface area contributed by atoms with Gasteiger partial charge in [0.1, 0.15) is 13.2 Å². The lowest BCUT2D eigenvalue weighted by Crippen LogP contribution is -2.32. The van der Waals surface area contributed by atoms with Gasteiger partial charge < -0.3 is 9.47 Å². The zero-order valence-electron chi connectivity index (χ0n) is 6.33. The molecule has 2 aliphatic rings. The van der Waals surface area contributed by atoms with E-state index in [9.17, 15) is 0 Å². The summed E-state index contributed by atoms with van der Waals surface area (Å²) in [5.74, 6) is 1.34. The van der Waals surface area contributed by atoms with Crippen LogP contribution in [0, 0.1) is 0 Å². The summed E-state index contributed by atoms with van der Waals surface area (Å²) in [6, 6.07) is 0.232. The Bertz CT molecular complexity index is 222. The largest absolute Gasteiger partial charge is 0.485 e. The zero-order chi connectivity index (χ0) is 7.68. The molecule has 0 spiro atoms. The first-order chi connectivity index (χ1) is 5.36. The van der Waals surface area contributed by atoms with Crippen LogP contribution in [0.2, 0.25) is 0 Å². The van der Waals surface area contributed by atoms with Gasteiger partial charge in [0.15, 0.2) is 5.76 Å². The van der Waals surface area contributed by atoms with Crippen LogP contribution in [-0.2, 0) is 9.47 Å². The highest BCUT2D eigenvalue weighted by atomic mass is 16.6. The first kappa shape index (κ1) is 6.52. The molecule has 0 bridgehead atoms. The van der Waals surface area contributed by atoms with E-state index in [1.54, 1.807) is 0 Å². The fourth-order valence-corrected chi connectivity index (χ4v) is 1.05. The SMILES string of the molecule is CC1C=C2OCCOC2=NN1. The summed E-state index contributed by atoms with van der Waals surface area (Å²) < 4.78 is 10.5. The minimum Gasteiger partial charge on any atom is -0.485 e. The molecule has 4 nitrogen and oxygen atoms in total. The van der Waals surface area contributed by atoms with Gasteiger partial charge in [0.2, 0.25) is 0 Å². The van der Waals surface area contributed by atoms with Crippen LogP contribution in [-0.4, -0.2) is 25.2 Å². The van der Waals surface area contributed by atoms with Gasteiger partial charge in [-0.15, -0.1) is 5.10 Å². The molecule has 2 aliphatic heterocycles. The lowest BCUT2D eigenvalue weighted by molar-refractivity contribution is 0.112. The predicted octanol–water partition coefficient (Wildman–Crippen LogP) is 0.222. The Hall–Kier alpha value is -1.19. The van der Waals surface area contributed by atoms with Gasteiger partial charge in [-0.2, -0.15) is 0 Å². The summed E-state index contributed by atoms with van der Waals surface area (Å²) >= 11 is 0. The molecular formula is C7H10N2O2. The van der Waals surface area contributed by atoms with Crippen molar-refractivity contribution in [3.63, 3.8) is 0 Å². The maximum atomic E-state index is 5.32. The van der Waals surface area contributed by atoms with Crippen LogP contribution in [0.15, 0.2) is 16.9 Å². The average Bonchev–Trinajstić information content (AvgIpc) is 2.04. The second-order valence-electron chi connectivity index (χ2n) is 2.56. The van der Waals surface area contributed by atoms with E-state index in [1.807, 2.05) is 13.0 Å². The Morgan fingerprint density at radius 3 is 3.27 bits per heavy atom. The second kappa shape index (κ2) is 2.45. The van der Waals surface area contributed by atoms with Crippen molar-refractivity contribution in [2.75, 3.05) is 13.2 Å². The molecule has 0 aromatic heterocycles. The van der Waals surface area contributed by atoms with Crippen molar-refractivity contribution < 1.29 is 9.47 Å². The first-order valence-electron chi connectivity index (χ1n) is 3.67. The number of hydrogen-bond donors (Lipinski definition) is 1. The summed E-state index contributed by atoms with van der Waals surface area (Å²) in [4.78, 5) is 0. The lowest BCUT2D eigenvalue weighted by atomic mass is 10.2. The van der Waals surface area contributed by atoms with Crippen molar-refractivity contribution in [1.29, 1.82) is 0 Å². The van der Waals surface area contributed by atoms with E-state index in [0.717, 1.165) is 5.76 Å². The Kier molecular flexibility index (Phi) is 1.45. The third kappa shape index (κ3) is 1.15. The minimum atomic E-state index is 0.232. The van der Waals surface area contributed by atoms with E-state index in [-0.39, 0.29) is 6.04 Å². The number of ether oxygens (including phenoxy) is 2. The predicted molar refractivity (Wildman–Crippen MR) is 40.0 cm³/mol. The highest BCUT2D eigenvalue weighted by Gasteiger charge is 2.20. The van der Waals surface area contributed by atoms with Crippen LogP contribution in [0.3, 0.4) is 0 Å².